The monoisotopic (exact) mass is 294 g/mol. The zero-order chi connectivity index (χ0) is 15.9. The molecule has 0 radical (unpaired) electrons. The molecule has 4 heteroatoms. The van der Waals surface area contributed by atoms with Gasteiger partial charge in [0.25, 0.3) is 0 Å². The quantitative estimate of drug-likeness (QED) is 0.698. The molecule has 0 saturated carbocycles. The minimum Gasteiger partial charge on any atom is -0.326 e. The average molecular weight is 294 g/mol. The largest absolute Gasteiger partial charge is 0.326 e. The van der Waals surface area contributed by atoms with Crippen molar-refractivity contribution in [2.45, 2.75) is 25.9 Å². The van der Waals surface area contributed by atoms with Crippen molar-refractivity contribution in [2.75, 3.05) is 13.1 Å². The van der Waals surface area contributed by atoms with Crippen molar-refractivity contribution in [1.29, 1.82) is 5.26 Å². The maximum absolute atomic E-state index is 8.92. The maximum Gasteiger partial charge on any atom is 0.127 e. The summed E-state index contributed by atoms with van der Waals surface area (Å²) in [6.07, 6.45) is 4.26. The van der Waals surface area contributed by atoms with Crippen LogP contribution in [0.2, 0.25) is 0 Å². The number of nitriles is 1. The van der Waals surface area contributed by atoms with Gasteiger partial charge in [-0.1, -0.05) is 24.3 Å². The zero-order valence-corrected chi connectivity index (χ0v) is 13.1. The van der Waals surface area contributed by atoms with E-state index in [-0.39, 0.29) is 6.04 Å². The molecule has 0 aliphatic heterocycles. The van der Waals surface area contributed by atoms with Crippen LogP contribution in [0.5, 0.6) is 0 Å². The highest BCUT2D eigenvalue weighted by Crippen LogP contribution is 2.25. The van der Waals surface area contributed by atoms with Gasteiger partial charge in [0.1, 0.15) is 5.82 Å². The molecule has 0 aliphatic rings. The fraction of sp³-hybridized carbons (Fsp3) is 0.333. The molecule has 1 aromatic heterocycles. The molecule has 114 valence electrons. The highest BCUT2D eigenvalue weighted by atomic mass is 15.2. The standard InChI is InChI=1S/C18H22N4/c1-4-12-21(13-5-2)15(3)18-20-16-9-6-7-10-17(16)22(18)14-8-11-19/h4-7,9-10,15H,1-2,8,12-14H2,3H3. The van der Waals surface area contributed by atoms with Gasteiger partial charge in [-0.3, -0.25) is 4.90 Å². The van der Waals surface area contributed by atoms with Crippen LogP contribution in [0.25, 0.3) is 11.0 Å². The molecule has 1 heterocycles. The minimum atomic E-state index is 0.127. The molecule has 0 N–H and O–H groups in total. The number of hydrogen-bond donors (Lipinski definition) is 0. The van der Waals surface area contributed by atoms with Gasteiger partial charge in [-0.25, -0.2) is 4.98 Å². The lowest BCUT2D eigenvalue weighted by Crippen LogP contribution is -2.29. The van der Waals surface area contributed by atoms with E-state index in [4.69, 9.17) is 10.2 Å². The topological polar surface area (TPSA) is 44.9 Å². The van der Waals surface area contributed by atoms with E-state index in [9.17, 15) is 0 Å². The number of rotatable bonds is 8. The molecule has 1 atom stereocenters. The van der Waals surface area contributed by atoms with E-state index in [0.29, 0.717) is 13.0 Å². The summed E-state index contributed by atoms with van der Waals surface area (Å²) in [5.74, 6) is 0.986. The van der Waals surface area contributed by atoms with Crippen LogP contribution in [-0.4, -0.2) is 27.5 Å². The molecule has 0 amide bonds. The predicted molar refractivity (Wildman–Crippen MR) is 90.3 cm³/mol. The third-order valence-electron chi connectivity index (χ3n) is 3.78. The van der Waals surface area contributed by atoms with Crippen LogP contribution in [0, 0.1) is 11.3 Å². The lowest BCUT2D eigenvalue weighted by molar-refractivity contribution is 0.246. The molecule has 0 spiro atoms. The zero-order valence-electron chi connectivity index (χ0n) is 13.1. The third kappa shape index (κ3) is 3.26. The van der Waals surface area contributed by atoms with Gasteiger partial charge >= 0.3 is 0 Å². The number of para-hydroxylation sites is 2. The van der Waals surface area contributed by atoms with Crippen LogP contribution < -0.4 is 0 Å². The Kier molecular flexibility index (Phi) is 5.51. The van der Waals surface area contributed by atoms with Crippen molar-refractivity contribution >= 4 is 11.0 Å². The number of aryl methyl sites for hydroxylation is 1. The predicted octanol–water partition coefficient (Wildman–Crippen LogP) is 3.68. The van der Waals surface area contributed by atoms with Gasteiger partial charge < -0.3 is 4.57 Å². The van der Waals surface area contributed by atoms with Gasteiger partial charge in [0.05, 0.1) is 29.6 Å². The van der Waals surface area contributed by atoms with Crippen molar-refractivity contribution in [1.82, 2.24) is 14.5 Å². The first kappa shape index (κ1) is 16.0. The van der Waals surface area contributed by atoms with Crippen LogP contribution in [0.15, 0.2) is 49.6 Å². The summed E-state index contributed by atoms with van der Waals surface area (Å²) in [6.45, 7) is 12.0. The summed E-state index contributed by atoms with van der Waals surface area (Å²) in [6, 6.07) is 10.4. The van der Waals surface area contributed by atoms with Gasteiger partial charge in [0.2, 0.25) is 0 Å². The number of hydrogen-bond acceptors (Lipinski definition) is 3. The average Bonchev–Trinajstić information content (AvgIpc) is 2.90. The van der Waals surface area contributed by atoms with E-state index in [0.717, 1.165) is 29.9 Å². The van der Waals surface area contributed by atoms with E-state index in [2.05, 4.69) is 41.7 Å². The molecule has 0 aliphatic carbocycles. The van der Waals surface area contributed by atoms with Gasteiger partial charge in [-0.05, 0) is 19.1 Å². The molecule has 1 aromatic carbocycles. The molecule has 4 nitrogen and oxygen atoms in total. The van der Waals surface area contributed by atoms with Crippen molar-refractivity contribution < 1.29 is 0 Å². The van der Waals surface area contributed by atoms with Crippen LogP contribution in [0.3, 0.4) is 0 Å². The summed E-state index contributed by atoms with van der Waals surface area (Å²) in [5.41, 5.74) is 2.05. The summed E-state index contributed by atoms with van der Waals surface area (Å²) in [4.78, 5) is 7.05. The van der Waals surface area contributed by atoms with Gasteiger partial charge in [-0.2, -0.15) is 5.26 Å². The van der Waals surface area contributed by atoms with E-state index in [1.54, 1.807) is 0 Å². The Balaban J connectivity index is 2.45. The van der Waals surface area contributed by atoms with Crippen molar-refractivity contribution in [3.8, 4) is 6.07 Å². The smallest absolute Gasteiger partial charge is 0.127 e. The first-order valence-corrected chi connectivity index (χ1v) is 7.50. The van der Waals surface area contributed by atoms with Crippen molar-refractivity contribution in [3.05, 3.63) is 55.4 Å². The Morgan fingerprint density at radius 3 is 2.64 bits per heavy atom. The highest BCUT2D eigenvalue weighted by Gasteiger charge is 2.20. The number of benzene rings is 1. The van der Waals surface area contributed by atoms with Crippen LogP contribution >= 0.6 is 0 Å². The fourth-order valence-electron chi connectivity index (χ4n) is 2.70. The Morgan fingerprint density at radius 1 is 1.32 bits per heavy atom. The number of aromatic nitrogens is 2. The second-order valence-corrected chi connectivity index (χ2v) is 5.23. The normalized spacial score (nSPS) is 12.2. The van der Waals surface area contributed by atoms with E-state index >= 15 is 0 Å². The maximum atomic E-state index is 8.92. The molecular formula is C18H22N4. The molecular weight excluding hydrogens is 272 g/mol. The van der Waals surface area contributed by atoms with E-state index in [1.807, 2.05) is 30.4 Å². The number of fused-ring (bicyclic) bond motifs is 1. The minimum absolute atomic E-state index is 0.127. The SMILES string of the molecule is C=CCN(CC=C)C(C)c1nc2ccccc2n1CCC#N. The lowest BCUT2D eigenvalue weighted by Gasteiger charge is -2.26. The van der Waals surface area contributed by atoms with Crippen molar-refractivity contribution in [2.24, 2.45) is 0 Å². The molecule has 0 saturated heterocycles. The first-order valence-electron chi connectivity index (χ1n) is 7.50. The van der Waals surface area contributed by atoms with Crippen LogP contribution in [-0.2, 0) is 6.54 Å². The van der Waals surface area contributed by atoms with E-state index in [1.165, 1.54) is 0 Å². The molecule has 1 unspecified atom stereocenters. The van der Waals surface area contributed by atoms with Gasteiger partial charge in [-0.15, -0.1) is 13.2 Å². The summed E-state index contributed by atoms with van der Waals surface area (Å²) >= 11 is 0. The van der Waals surface area contributed by atoms with Crippen LogP contribution in [0.4, 0.5) is 0 Å². The second kappa shape index (κ2) is 7.58. The lowest BCUT2D eigenvalue weighted by atomic mass is 10.2. The molecule has 22 heavy (non-hydrogen) atoms. The van der Waals surface area contributed by atoms with Gasteiger partial charge in [0.15, 0.2) is 0 Å². The highest BCUT2D eigenvalue weighted by molar-refractivity contribution is 5.76. The van der Waals surface area contributed by atoms with Crippen LogP contribution in [0.1, 0.15) is 25.2 Å². The molecule has 2 rings (SSSR count). The fourth-order valence-corrected chi connectivity index (χ4v) is 2.70. The Hall–Kier alpha value is -2.38. The summed E-state index contributed by atoms with van der Waals surface area (Å²) < 4.78 is 2.16. The third-order valence-corrected chi connectivity index (χ3v) is 3.78. The Morgan fingerprint density at radius 2 is 2.00 bits per heavy atom. The number of nitrogens with zero attached hydrogens (tertiary/aromatic N) is 4. The number of imidazole rings is 1. The van der Waals surface area contributed by atoms with Crippen molar-refractivity contribution in [3.63, 3.8) is 0 Å². The molecule has 2 aromatic rings. The Bertz CT molecular complexity index is 683. The Labute approximate surface area is 132 Å². The molecule has 0 bridgehead atoms. The van der Waals surface area contributed by atoms with E-state index < -0.39 is 0 Å². The summed E-state index contributed by atoms with van der Waals surface area (Å²) in [7, 11) is 0. The second-order valence-electron chi connectivity index (χ2n) is 5.23. The first-order chi connectivity index (χ1) is 10.7. The molecule has 0 fully saturated rings. The van der Waals surface area contributed by atoms with Gasteiger partial charge in [0, 0.05) is 19.6 Å². The summed E-state index contributed by atoms with van der Waals surface area (Å²) in [5, 5.41) is 8.92.